The van der Waals surface area contributed by atoms with Gasteiger partial charge < -0.3 is 10.4 Å². The molecule has 0 spiro atoms. The molecule has 0 heterocycles. The maximum atomic E-state index is 11.1. The summed E-state index contributed by atoms with van der Waals surface area (Å²) in [5.41, 5.74) is 0. The highest BCUT2D eigenvalue weighted by Gasteiger charge is 2.26. The van der Waals surface area contributed by atoms with E-state index in [1.807, 2.05) is 6.92 Å². The average Bonchev–Trinajstić information content (AvgIpc) is 2.18. The Morgan fingerprint density at radius 3 is 2.29 bits per heavy atom. The summed E-state index contributed by atoms with van der Waals surface area (Å²) in [6.07, 6.45) is 3.46. The lowest BCUT2D eigenvalue weighted by Crippen LogP contribution is -2.38. The van der Waals surface area contributed by atoms with Gasteiger partial charge in [-0.15, -0.1) is 0 Å². The lowest BCUT2D eigenvalue weighted by Gasteiger charge is -2.26. The summed E-state index contributed by atoms with van der Waals surface area (Å²) in [6, 6.07) is 0.193. The zero-order valence-corrected chi connectivity index (χ0v) is 8.45. The summed E-state index contributed by atoms with van der Waals surface area (Å²) in [7, 11) is 0. The first-order valence-electron chi connectivity index (χ1n) is 5.15. The zero-order valence-electron chi connectivity index (χ0n) is 8.45. The second-order valence-corrected chi connectivity index (χ2v) is 3.81. The molecule has 0 bridgehead atoms. The number of carbonyl (C=O) groups is 2. The first kappa shape index (κ1) is 11.0. The molecule has 0 aromatic carbocycles. The third kappa shape index (κ3) is 3.01. The molecule has 0 aromatic rings. The third-order valence-corrected chi connectivity index (χ3v) is 2.76. The van der Waals surface area contributed by atoms with E-state index >= 15 is 0 Å². The van der Waals surface area contributed by atoms with Gasteiger partial charge in [-0.05, 0) is 25.7 Å². The highest BCUT2D eigenvalue weighted by molar-refractivity contribution is 5.76. The van der Waals surface area contributed by atoms with Gasteiger partial charge in [0, 0.05) is 12.5 Å². The van der Waals surface area contributed by atoms with E-state index in [-0.39, 0.29) is 17.9 Å². The van der Waals surface area contributed by atoms with E-state index < -0.39 is 5.97 Å². The van der Waals surface area contributed by atoms with Crippen LogP contribution in [0.3, 0.4) is 0 Å². The average molecular weight is 199 g/mol. The van der Waals surface area contributed by atoms with Crippen molar-refractivity contribution in [3.05, 3.63) is 0 Å². The monoisotopic (exact) mass is 199 g/mol. The second-order valence-electron chi connectivity index (χ2n) is 3.81. The van der Waals surface area contributed by atoms with Gasteiger partial charge in [0.25, 0.3) is 0 Å². The second kappa shape index (κ2) is 4.98. The molecule has 1 fully saturated rings. The standard InChI is InChI=1S/C10H17NO3/c1-2-9(12)11-8-5-3-7(4-6-8)10(13)14/h7-8H,2-6H2,1H3,(H,11,12)(H,13,14). The number of carbonyl (C=O) groups excluding carboxylic acids is 1. The zero-order chi connectivity index (χ0) is 10.6. The van der Waals surface area contributed by atoms with Crippen LogP contribution in [0.25, 0.3) is 0 Å². The van der Waals surface area contributed by atoms with Crippen LogP contribution < -0.4 is 5.32 Å². The Labute approximate surface area is 83.7 Å². The van der Waals surface area contributed by atoms with Crippen molar-refractivity contribution in [2.24, 2.45) is 5.92 Å². The Hall–Kier alpha value is -1.06. The molecule has 0 radical (unpaired) electrons. The summed E-state index contributed by atoms with van der Waals surface area (Å²) in [6.45, 7) is 1.82. The quantitative estimate of drug-likeness (QED) is 0.716. The van der Waals surface area contributed by atoms with Gasteiger partial charge in [0.05, 0.1) is 5.92 Å². The van der Waals surface area contributed by atoms with Gasteiger partial charge in [-0.25, -0.2) is 0 Å². The molecular weight excluding hydrogens is 182 g/mol. The van der Waals surface area contributed by atoms with Crippen molar-refractivity contribution in [1.82, 2.24) is 5.32 Å². The minimum atomic E-state index is -0.703. The Morgan fingerprint density at radius 1 is 1.29 bits per heavy atom. The van der Waals surface area contributed by atoms with Crippen molar-refractivity contribution in [2.75, 3.05) is 0 Å². The fraction of sp³-hybridized carbons (Fsp3) is 0.800. The Bertz CT molecular complexity index is 219. The maximum Gasteiger partial charge on any atom is 0.306 e. The molecule has 2 N–H and O–H groups in total. The summed E-state index contributed by atoms with van der Waals surface area (Å²) in [4.78, 5) is 21.7. The minimum absolute atomic E-state index is 0.0591. The van der Waals surface area contributed by atoms with Crippen LogP contribution in [0.4, 0.5) is 0 Å². The van der Waals surface area contributed by atoms with Crippen LogP contribution in [0.15, 0.2) is 0 Å². The van der Waals surface area contributed by atoms with Crippen LogP contribution in [-0.4, -0.2) is 23.0 Å². The lowest BCUT2D eigenvalue weighted by molar-refractivity contribution is -0.142. The van der Waals surface area contributed by atoms with E-state index in [1.54, 1.807) is 0 Å². The molecule has 0 aliphatic heterocycles. The Kier molecular flexibility index (Phi) is 3.92. The molecule has 4 heteroatoms. The fourth-order valence-corrected chi connectivity index (χ4v) is 1.81. The molecule has 1 aliphatic rings. The molecular formula is C10H17NO3. The lowest BCUT2D eigenvalue weighted by atomic mass is 9.86. The van der Waals surface area contributed by atoms with Crippen LogP contribution in [0.2, 0.25) is 0 Å². The maximum absolute atomic E-state index is 11.1. The van der Waals surface area contributed by atoms with Gasteiger partial charge in [-0.1, -0.05) is 6.92 Å². The summed E-state index contributed by atoms with van der Waals surface area (Å²) < 4.78 is 0. The van der Waals surface area contributed by atoms with Gasteiger partial charge in [0.1, 0.15) is 0 Å². The number of rotatable bonds is 3. The normalized spacial score (nSPS) is 26.9. The van der Waals surface area contributed by atoms with Crippen LogP contribution in [0.1, 0.15) is 39.0 Å². The van der Waals surface area contributed by atoms with Crippen molar-refractivity contribution in [1.29, 1.82) is 0 Å². The molecule has 1 saturated carbocycles. The number of amides is 1. The molecule has 0 unspecified atom stereocenters. The number of aliphatic carboxylic acids is 1. The van der Waals surface area contributed by atoms with Gasteiger partial charge in [-0.2, -0.15) is 0 Å². The van der Waals surface area contributed by atoms with E-state index in [0.29, 0.717) is 19.3 Å². The van der Waals surface area contributed by atoms with Crippen LogP contribution in [0, 0.1) is 5.92 Å². The number of hydrogen-bond acceptors (Lipinski definition) is 2. The van der Waals surface area contributed by atoms with E-state index in [2.05, 4.69) is 5.32 Å². The van der Waals surface area contributed by atoms with Gasteiger partial charge in [0.15, 0.2) is 0 Å². The van der Waals surface area contributed by atoms with Gasteiger partial charge in [0.2, 0.25) is 5.91 Å². The molecule has 0 saturated heterocycles. The largest absolute Gasteiger partial charge is 0.481 e. The molecule has 1 aliphatic carbocycles. The molecule has 1 amide bonds. The van der Waals surface area contributed by atoms with Crippen LogP contribution in [0.5, 0.6) is 0 Å². The van der Waals surface area contributed by atoms with E-state index in [0.717, 1.165) is 12.8 Å². The van der Waals surface area contributed by atoms with Crippen molar-refractivity contribution in [3.63, 3.8) is 0 Å². The first-order chi connectivity index (χ1) is 6.63. The molecule has 80 valence electrons. The smallest absolute Gasteiger partial charge is 0.306 e. The number of carboxylic acid groups (broad SMARTS) is 1. The highest BCUT2D eigenvalue weighted by Crippen LogP contribution is 2.24. The summed E-state index contributed by atoms with van der Waals surface area (Å²) in [5, 5.41) is 11.7. The number of carboxylic acids is 1. The van der Waals surface area contributed by atoms with E-state index in [1.165, 1.54) is 0 Å². The van der Waals surface area contributed by atoms with Crippen molar-refractivity contribution >= 4 is 11.9 Å². The van der Waals surface area contributed by atoms with E-state index in [4.69, 9.17) is 5.11 Å². The SMILES string of the molecule is CCC(=O)NC1CCC(C(=O)O)CC1. The highest BCUT2D eigenvalue weighted by atomic mass is 16.4. The number of hydrogen-bond donors (Lipinski definition) is 2. The van der Waals surface area contributed by atoms with Crippen LogP contribution in [-0.2, 0) is 9.59 Å². The fourth-order valence-electron chi connectivity index (χ4n) is 1.81. The van der Waals surface area contributed by atoms with Crippen molar-refractivity contribution < 1.29 is 14.7 Å². The summed E-state index contributed by atoms with van der Waals surface area (Å²) in [5.74, 6) is -0.848. The first-order valence-corrected chi connectivity index (χ1v) is 5.15. The van der Waals surface area contributed by atoms with Gasteiger partial charge in [-0.3, -0.25) is 9.59 Å². The molecule has 14 heavy (non-hydrogen) atoms. The molecule has 0 aromatic heterocycles. The third-order valence-electron chi connectivity index (χ3n) is 2.76. The molecule has 4 nitrogen and oxygen atoms in total. The Morgan fingerprint density at radius 2 is 1.86 bits per heavy atom. The predicted molar refractivity (Wildman–Crippen MR) is 51.8 cm³/mol. The Balaban J connectivity index is 2.29. The minimum Gasteiger partial charge on any atom is -0.481 e. The topological polar surface area (TPSA) is 66.4 Å². The van der Waals surface area contributed by atoms with Crippen LogP contribution >= 0.6 is 0 Å². The van der Waals surface area contributed by atoms with Crippen molar-refractivity contribution in [2.45, 2.75) is 45.1 Å². The van der Waals surface area contributed by atoms with E-state index in [9.17, 15) is 9.59 Å². The van der Waals surface area contributed by atoms with Crippen molar-refractivity contribution in [3.8, 4) is 0 Å². The van der Waals surface area contributed by atoms with Gasteiger partial charge >= 0.3 is 5.97 Å². The predicted octanol–water partition coefficient (Wildman–Crippen LogP) is 1.16. The molecule has 1 rings (SSSR count). The summed E-state index contributed by atoms with van der Waals surface area (Å²) >= 11 is 0. The number of nitrogens with one attached hydrogen (secondary N) is 1. The molecule has 0 atom stereocenters.